The van der Waals surface area contributed by atoms with Crippen LogP contribution >= 0.6 is 24.0 Å². The number of carbonyl (C=O) groups is 3. The number of primary amides is 1. The minimum Gasteiger partial charge on any atom is -0.369 e. The van der Waals surface area contributed by atoms with Crippen LogP contribution < -0.4 is 11.1 Å². The molecule has 0 saturated heterocycles. The maximum Gasteiger partial charge on any atom is 0.221 e. The highest BCUT2D eigenvalue weighted by Crippen LogP contribution is 2.35. The summed E-state index contributed by atoms with van der Waals surface area (Å²) in [5.41, 5.74) is 7.30. The van der Waals surface area contributed by atoms with Gasteiger partial charge in [-0.05, 0) is 38.8 Å². The fraction of sp³-hybridized carbons (Fsp3) is 0.455. The van der Waals surface area contributed by atoms with Crippen LogP contribution in [-0.2, 0) is 14.4 Å². The number of thiol groups is 1. The predicted molar refractivity (Wildman–Crippen MR) is 124 cm³/mol. The zero-order chi connectivity index (χ0) is 22.3. The largest absolute Gasteiger partial charge is 0.369 e. The summed E-state index contributed by atoms with van der Waals surface area (Å²) in [5, 5.41) is 5.62. The molecule has 0 radical (unpaired) electrons. The van der Waals surface area contributed by atoms with Gasteiger partial charge in [0.05, 0.1) is 11.7 Å². The van der Waals surface area contributed by atoms with Crippen LogP contribution in [0.2, 0.25) is 0 Å². The fourth-order valence-corrected chi connectivity index (χ4v) is 4.28. The van der Waals surface area contributed by atoms with Crippen molar-refractivity contribution < 1.29 is 14.4 Å². The number of ketones is 1. The van der Waals surface area contributed by atoms with Gasteiger partial charge in [-0.15, -0.1) is 11.3 Å². The number of rotatable bonds is 2. The molecule has 8 heteroatoms. The Balaban J connectivity index is 2.32. The van der Waals surface area contributed by atoms with E-state index in [0.29, 0.717) is 19.3 Å². The van der Waals surface area contributed by atoms with Crippen molar-refractivity contribution in [1.29, 1.82) is 0 Å². The molecule has 0 spiro atoms. The van der Waals surface area contributed by atoms with E-state index in [2.05, 4.69) is 10.3 Å². The summed E-state index contributed by atoms with van der Waals surface area (Å²) in [6.45, 7) is 5.50. The van der Waals surface area contributed by atoms with Crippen LogP contribution in [0.25, 0.3) is 6.08 Å². The zero-order valence-corrected chi connectivity index (χ0v) is 19.3. The van der Waals surface area contributed by atoms with Crippen LogP contribution in [-0.4, -0.2) is 27.3 Å². The van der Waals surface area contributed by atoms with Crippen LogP contribution in [0.15, 0.2) is 35.3 Å². The standard InChI is InChI=1S/C22H29N3O3S2/c1-14-8-9-18(26)7-5-4-6-17-13-30-21(25-17)16(3)24-19(27)12-22(29,11-10-14)15(2)20(23)28/h4-8,13,15-16,29H,9-12H2,1-3H3,(H2,23,28)(H,24,27)/b6-4-,7-5+,14-8+/t15?,16-,22-/m1/s1. The molecule has 0 aromatic carbocycles. The molecule has 162 valence electrons. The van der Waals surface area contributed by atoms with E-state index in [4.69, 9.17) is 18.4 Å². The van der Waals surface area contributed by atoms with Crippen LogP contribution in [0, 0.1) is 5.92 Å². The molecule has 0 fully saturated rings. The third-order valence-corrected chi connectivity index (χ3v) is 7.07. The fourth-order valence-electron chi connectivity index (χ4n) is 3.11. The number of thiazole rings is 1. The first-order chi connectivity index (χ1) is 14.1. The van der Waals surface area contributed by atoms with Crippen LogP contribution in [0.3, 0.4) is 0 Å². The van der Waals surface area contributed by atoms with Crippen molar-refractivity contribution in [2.24, 2.45) is 11.7 Å². The van der Waals surface area contributed by atoms with Gasteiger partial charge in [-0.3, -0.25) is 14.4 Å². The number of aromatic nitrogens is 1. The molecule has 3 atom stereocenters. The summed E-state index contributed by atoms with van der Waals surface area (Å²) in [5.74, 6) is -1.30. The SMILES string of the molecule is C/C1=C\CC(=O)/C=C/C=C\c2csc(n2)[C@@H](C)NC(=O)C[C@@](S)(C(C)C(N)=O)CC1. The number of nitrogens with one attached hydrogen (secondary N) is 1. The lowest BCUT2D eigenvalue weighted by Gasteiger charge is -2.33. The lowest BCUT2D eigenvalue weighted by Crippen LogP contribution is -2.43. The van der Waals surface area contributed by atoms with Crippen molar-refractivity contribution >= 4 is 47.6 Å². The summed E-state index contributed by atoms with van der Waals surface area (Å²) in [6.07, 6.45) is 10.1. The highest BCUT2D eigenvalue weighted by atomic mass is 32.1. The Kier molecular flexibility index (Phi) is 8.61. The van der Waals surface area contributed by atoms with Crippen LogP contribution in [0.1, 0.15) is 63.2 Å². The van der Waals surface area contributed by atoms with E-state index in [0.717, 1.165) is 16.3 Å². The molecule has 1 aromatic rings. The number of carbonyl (C=O) groups excluding carboxylic acids is 3. The molecular formula is C22H29N3O3S2. The molecule has 0 aliphatic carbocycles. The van der Waals surface area contributed by atoms with E-state index in [1.54, 1.807) is 19.1 Å². The van der Waals surface area contributed by atoms with Crippen LogP contribution in [0.5, 0.6) is 0 Å². The van der Waals surface area contributed by atoms with Crippen LogP contribution in [0.4, 0.5) is 0 Å². The molecule has 2 amide bonds. The molecular weight excluding hydrogens is 418 g/mol. The summed E-state index contributed by atoms with van der Waals surface area (Å²) in [7, 11) is 0. The molecule has 3 N–H and O–H groups in total. The van der Waals surface area contributed by atoms with Crippen molar-refractivity contribution in [2.75, 3.05) is 0 Å². The monoisotopic (exact) mass is 447 g/mol. The zero-order valence-electron chi connectivity index (χ0n) is 17.6. The molecule has 30 heavy (non-hydrogen) atoms. The van der Waals surface area contributed by atoms with E-state index in [-0.39, 0.29) is 24.2 Å². The van der Waals surface area contributed by atoms with Gasteiger partial charge >= 0.3 is 0 Å². The number of fused-ring (bicyclic) bond motifs is 2. The van der Waals surface area contributed by atoms with E-state index >= 15 is 0 Å². The van der Waals surface area contributed by atoms with Gasteiger partial charge in [-0.25, -0.2) is 4.98 Å². The second-order valence-corrected chi connectivity index (χ2v) is 9.52. The average molecular weight is 448 g/mol. The topological polar surface area (TPSA) is 102 Å². The Morgan fingerprint density at radius 2 is 2.07 bits per heavy atom. The van der Waals surface area contributed by atoms with E-state index in [9.17, 15) is 14.4 Å². The number of nitrogens with zero attached hydrogens (tertiary/aromatic N) is 1. The highest BCUT2D eigenvalue weighted by molar-refractivity contribution is 7.81. The van der Waals surface area contributed by atoms with Gasteiger partial charge in [0.2, 0.25) is 11.8 Å². The Morgan fingerprint density at radius 3 is 2.77 bits per heavy atom. The van der Waals surface area contributed by atoms with Crippen molar-refractivity contribution in [1.82, 2.24) is 10.3 Å². The molecule has 0 saturated carbocycles. The molecule has 1 unspecified atom stereocenters. The maximum atomic E-state index is 12.8. The Labute approximate surface area is 187 Å². The smallest absolute Gasteiger partial charge is 0.221 e. The average Bonchev–Trinajstić information content (AvgIpc) is 3.15. The van der Waals surface area contributed by atoms with E-state index in [1.165, 1.54) is 17.4 Å². The van der Waals surface area contributed by atoms with Gasteiger partial charge in [-0.1, -0.05) is 30.7 Å². The van der Waals surface area contributed by atoms with Gasteiger partial charge in [-0.2, -0.15) is 12.6 Å². The summed E-state index contributed by atoms with van der Waals surface area (Å²) >= 11 is 6.19. The molecule has 1 aromatic heterocycles. The Hall–Kier alpha value is -2.19. The number of hydrogen-bond acceptors (Lipinski definition) is 6. The molecule has 6 nitrogen and oxygen atoms in total. The first-order valence-electron chi connectivity index (χ1n) is 9.90. The third kappa shape index (κ3) is 6.95. The maximum absolute atomic E-state index is 12.8. The van der Waals surface area contributed by atoms with Gasteiger partial charge in [0.25, 0.3) is 0 Å². The lowest BCUT2D eigenvalue weighted by atomic mass is 9.83. The summed E-state index contributed by atoms with van der Waals surface area (Å²) in [4.78, 5) is 41.2. The molecule has 1 aliphatic rings. The van der Waals surface area contributed by atoms with E-state index < -0.39 is 16.6 Å². The minimum atomic E-state index is -0.892. The lowest BCUT2D eigenvalue weighted by molar-refractivity contribution is -0.125. The summed E-state index contributed by atoms with van der Waals surface area (Å²) < 4.78 is -0.892. The first-order valence-corrected chi connectivity index (χ1v) is 11.2. The molecule has 2 bridgehead atoms. The van der Waals surface area contributed by atoms with Crippen molar-refractivity contribution in [3.63, 3.8) is 0 Å². The van der Waals surface area contributed by atoms with Crippen molar-refractivity contribution in [3.05, 3.63) is 46.0 Å². The highest BCUT2D eigenvalue weighted by Gasteiger charge is 2.38. The van der Waals surface area contributed by atoms with Gasteiger partial charge in [0.1, 0.15) is 5.01 Å². The summed E-state index contributed by atoms with van der Waals surface area (Å²) in [6, 6.07) is -0.274. The van der Waals surface area contributed by atoms with Gasteiger partial charge in [0.15, 0.2) is 5.78 Å². The number of nitrogens with two attached hydrogens (primary N) is 1. The van der Waals surface area contributed by atoms with Gasteiger partial charge < -0.3 is 11.1 Å². The second-order valence-electron chi connectivity index (χ2n) is 7.74. The van der Waals surface area contributed by atoms with Crippen molar-refractivity contribution in [3.8, 4) is 0 Å². The second kappa shape index (κ2) is 10.7. The normalized spacial score (nSPS) is 28.9. The number of allylic oxidation sites excluding steroid dienone is 5. The quantitative estimate of drug-likeness (QED) is 0.474. The van der Waals surface area contributed by atoms with E-state index in [1.807, 2.05) is 31.4 Å². The molecule has 2 rings (SSSR count). The predicted octanol–water partition coefficient (Wildman–Crippen LogP) is 3.77. The third-order valence-electron chi connectivity index (χ3n) is 5.25. The number of hydrogen-bond donors (Lipinski definition) is 3. The minimum absolute atomic E-state index is 0.00489. The van der Waals surface area contributed by atoms with Crippen molar-refractivity contribution in [2.45, 2.75) is 57.2 Å². The molecule has 2 heterocycles. The van der Waals surface area contributed by atoms with Gasteiger partial charge in [0, 0.05) is 28.9 Å². The Bertz CT molecular complexity index is 888. The number of amides is 2. The first kappa shape index (κ1) is 24.1. The Morgan fingerprint density at radius 1 is 1.37 bits per heavy atom. The molecule has 1 aliphatic heterocycles.